The number of carbonyl (C=O) groups is 1. The Morgan fingerprint density at radius 1 is 1.21 bits per heavy atom. The molecule has 1 amide bonds. The molecule has 0 N–H and O–H groups in total. The molecule has 1 unspecified atom stereocenters. The molecule has 6 heteroatoms. The molecule has 1 aliphatic rings. The van der Waals surface area contributed by atoms with E-state index in [1.807, 2.05) is 48.4 Å². The van der Waals surface area contributed by atoms with Crippen LogP contribution in [0, 0.1) is 6.92 Å². The first kappa shape index (κ1) is 19.1. The lowest BCUT2D eigenvalue weighted by Crippen LogP contribution is -2.39. The van der Waals surface area contributed by atoms with Crippen molar-refractivity contribution >= 4 is 5.91 Å². The topological polar surface area (TPSA) is 68.2 Å². The van der Waals surface area contributed by atoms with E-state index in [9.17, 15) is 4.79 Å². The Balaban J connectivity index is 1.62. The molecule has 0 radical (unpaired) electrons. The number of methoxy groups -OCH3 is 1. The highest BCUT2D eigenvalue weighted by molar-refractivity contribution is 5.94. The van der Waals surface area contributed by atoms with Crippen molar-refractivity contribution in [1.82, 2.24) is 19.9 Å². The SMILES string of the molecule is COc1cccc(C(=O)N2CCCC(c3nc(C)ncc3-c3ccncc3)C2)c1. The number of aromatic nitrogens is 3. The average Bonchev–Trinajstić information content (AvgIpc) is 2.79. The van der Waals surface area contributed by atoms with E-state index >= 15 is 0 Å². The number of hydrogen-bond donors (Lipinski definition) is 0. The number of pyridine rings is 1. The molecule has 1 fully saturated rings. The van der Waals surface area contributed by atoms with Crippen LogP contribution in [0.4, 0.5) is 0 Å². The van der Waals surface area contributed by atoms with Crippen LogP contribution in [-0.4, -0.2) is 46.0 Å². The van der Waals surface area contributed by atoms with Gasteiger partial charge in [-0.3, -0.25) is 9.78 Å². The molecule has 0 bridgehead atoms. The molecule has 1 saturated heterocycles. The lowest BCUT2D eigenvalue weighted by atomic mass is 9.89. The molecule has 3 aromatic rings. The summed E-state index contributed by atoms with van der Waals surface area (Å²) in [4.78, 5) is 28.3. The van der Waals surface area contributed by atoms with Crippen molar-refractivity contribution in [3.8, 4) is 16.9 Å². The fourth-order valence-corrected chi connectivity index (χ4v) is 3.88. The maximum absolute atomic E-state index is 13.1. The number of nitrogens with zero attached hydrogens (tertiary/aromatic N) is 4. The summed E-state index contributed by atoms with van der Waals surface area (Å²) in [6.45, 7) is 3.30. The first-order chi connectivity index (χ1) is 14.2. The molecule has 1 aliphatic heterocycles. The Morgan fingerprint density at radius 2 is 2.03 bits per heavy atom. The van der Waals surface area contributed by atoms with Crippen LogP contribution in [0.2, 0.25) is 0 Å². The van der Waals surface area contributed by atoms with Gasteiger partial charge in [-0.15, -0.1) is 0 Å². The maximum atomic E-state index is 13.1. The highest BCUT2D eigenvalue weighted by Crippen LogP contribution is 2.33. The van der Waals surface area contributed by atoms with Crippen molar-refractivity contribution in [2.24, 2.45) is 0 Å². The average molecular weight is 388 g/mol. The molecule has 0 spiro atoms. The standard InChI is InChI=1S/C23H24N4O2/c1-16-25-14-21(17-8-10-24-11-9-17)22(26-16)19-6-4-12-27(15-19)23(28)18-5-3-7-20(13-18)29-2/h3,5,7-11,13-14,19H,4,6,12,15H2,1-2H3. The van der Waals surface area contributed by atoms with Crippen LogP contribution < -0.4 is 4.74 Å². The third-order valence-corrected chi connectivity index (χ3v) is 5.34. The number of amides is 1. The fourth-order valence-electron chi connectivity index (χ4n) is 3.88. The summed E-state index contributed by atoms with van der Waals surface area (Å²) in [5, 5.41) is 0. The van der Waals surface area contributed by atoms with E-state index in [1.54, 1.807) is 25.6 Å². The van der Waals surface area contributed by atoms with Crippen molar-refractivity contribution < 1.29 is 9.53 Å². The fraction of sp³-hybridized carbons (Fsp3) is 0.304. The Bertz CT molecular complexity index is 1010. The molecule has 1 atom stereocenters. The van der Waals surface area contributed by atoms with Crippen molar-refractivity contribution in [2.75, 3.05) is 20.2 Å². The predicted octanol–water partition coefficient (Wildman–Crippen LogP) is 3.88. The summed E-state index contributed by atoms with van der Waals surface area (Å²) >= 11 is 0. The van der Waals surface area contributed by atoms with Crippen LogP contribution in [0.25, 0.3) is 11.1 Å². The van der Waals surface area contributed by atoms with Crippen molar-refractivity contribution in [3.63, 3.8) is 0 Å². The van der Waals surface area contributed by atoms with Crippen LogP contribution in [0.15, 0.2) is 55.0 Å². The molecule has 0 aliphatic carbocycles. The zero-order valence-electron chi connectivity index (χ0n) is 16.7. The van der Waals surface area contributed by atoms with Gasteiger partial charge in [0.2, 0.25) is 0 Å². The summed E-state index contributed by atoms with van der Waals surface area (Å²) in [6, 6.07) is 11.3. The second-order valence-electron chi connectivity index (χ2n) is 7.27. The van der Waals surface area contributed by atoms with Gasteiger partial charge >= 0.3 is 0 Å². The summed E-state index contributed by atoms with van der Waals surface area (Å²) in [5.41, 5.74) is 3.72. The van der Waals surface area contributed by atoms with Crippen LogP contribution in [0.3, 0.4) is 0 Å². The van der Waals surface area contributed by atoms with Gasteiger partial charge in [-0.1, -0.05) is 6.07 Å². The Morgan fingerprint density at radius 3 is 2.83 bits per heavy atom. The smallest absolute Gasteiger partial charge is 0.254 e. The zero-order chi connectivity index (χ0) is 20.2. The number of benzene rings is 1. The van der Waals surface area contributed by atoms with Gasteiger partial charge in [-0.25, -0.2) is 9.97 Å². The van der Waals surface area contributed by atoms with Gasteiger partial charge in [0.15, 0.2) is 0 Å². The van der Waals surface area contributed by atoms with E-state index < -0.39 is 0 Å². The monoisotopic (exact) mass is 388 g/mol. The summed E-state index contributed by atoms with van der Waals surface area (Å²) in [7, 11) is 1.61. The van der Waals surface area contributed by atoms with E-state index in [1.165, 1.54) is 0 Å². The highest BCUT2D eigenvalue weighted by Gasteiger charge is 2.28. The Hall–Kier alpha value is -3.28. The highest BCUT2D eigenvalue weighted by atomic mass is 16.5. The third kappa shape index (κ3) is 4.11. The van der Waals surface area contributed by atoms with Gasteiger partial charge in [0, 0.05) is 48.7 Å². The number of piperidine rings is 1. The molecule has 6 nitrogen and oxygen atoms in total. The predicted molar refractivity (Wildman–Crippen MR) is 111 cm³/mol. The van der Waals surface area contributed by atoms with Crippen LogP contribution in [0.1, 0.15) is 40.6 Å². The summed E-state index contributed by atoms with van der Waals surface area (Å²) in [5.74, 6) is 1.64. The Labute approximate surface area is 170 Å². The minimum atomic E-state index is 0.0323. The first-order valence-electron chi connectivity index (χ1n) is 9.83. The molecule has 148 valence electrons. The van der Waals surface area contributed by atoms with E-state index in [0.717, 1.165) is 42.0 Å². The second kappa shape index (κ2) is 8.39. The minimum Gasteiger partial charge on any atom is -0.497 e. The number of likely N-dealkylation sites (tertiary alicyclic amines) is 1. The van der Waals surface area contributed by atoms with Gasteiger partial charge in [0.25, 0.3) is 5.91 Å². The van der Waals surface area contributed by atoms with Gasteiger partial charge < -0.3 is 9.64 Å². The largest absolute Gasteiger partial charge is 0.497 e. The lowest BCUT2D eigenvalue weighted by molar-refractivity contribution is 0.0705. The number of ether oxygens (including phenoxy) is 1. The Kier molecular flexibility index (Phi) is 5.51. The maximum Gasteiger partial charge on any atom is 0.254 e. The quantitative estimate of drug-likeness (QED) is 0.679. The van der Waals surface area contributed by atoms with Crippen LogP contribution in [-0.2, 0) is 0 Å². The summed E-state index contributed by atoms with van der Waals surface area (Å²) < 4.78 is 5.27. The molecule has 3 heterocycles. The van der Waals surface area contributed by atoms with Crippen molar-refractivity contribution in [1.29, 1.82) is 0 Å². The molecule has 1 aromatic carbocycles. The second-order valence-corrected chi connectivity index (χ2v) is 7.27. The molecular weight excluding hydrogens is 364 g/mol. The van der Waals surface area contributed by atoms with Gasteiger partial charge in [0.1, 0.15) is 11.6 Å². The third-order valence-electron chi connectivity index (χ3n) is 5.34. The van der Waals surface area contributed by atoms with Gasteiger partial charge in [0.05, 0.1) is 12.8 Å². The van der Waals surface area contributed by atoms with E-state index in [0.29, 0.717) is 17.9 Å². The number of hydrogen-bond acceptors (Lipinski definition) is 5. The zero-order valence-corrected chi connectivity index (χ0v) is 16.7. The van der Waals surface area contributed by atoms with E-state index in [4.69, 9.17) is 9.72 Å². The van der Waals surface area contributed by atoms with Crippen molar-refractivity contribution in [3.05, 3.63) is 72.1 Å². The molecular formula is C23H24N4O2. The number of rotatable bonds is 4. The van der Waals surface area contributed by atoms with E-state index in [-0.39, 0.29) is 11.8 Å². The molecule has 0 saturated carbocycles. The van der Waals surface area contributed by atoms with Crippen LogP contribution >= 0.6 is 0 Å². The van der Waals surface area contributed by atoms with Gasteiger partial charge in [-0.2, -0.15) is 0 Å². The molecule has 4 rings (SSSR count). The minimum absolute atomic E-state index is 0.0323. The van der Waals surface area contributed by atoms with Crippen LogP contribution in [0.5, 0.6) is 5.75 Å². The van der Waals surface area contributed by atoms with E-state index in [2.05, 4.69) is 9.97 Å². The van der Waals surface area contributed by atoms with Crippen molar-refractivity contribution in [2.45, 2.75) is 25.7 Å². The summed E-state index contributed by atoms with van der Waals surface area (Å²) in [6.07, 6.45) is 7.38. The number of carbonyl (C=O) groups excluding carboxylic acids is 1. The molecule has 2 aromatic heterocycles. The first-order valence-corrected chi connectivity index (χ1v) is 9.83. The lowest BCUT2D eigenvalue weighted by Gasteiger charge is -2.33. The normalized spacial score (nSPS) is 16.5. The number of aryl methyl sites for hydroxylation is 1. The van der Waals surface area contributed by atoms with Gasteiger partial charge in [-0.05, 0) is 55.7 Å². The molecule has 29 heavy (non-hydrogen) atoms.